The standard InChI is InChI=1S/C11H8FN7O3/c1-22-10-2-7(12)9(19(20)21)3-8(10)14-5-6(4-13)11-15-17-18-16-11/h2-3,5,14H,1H3,(H,15,16,17,18). The zero-order chi connectivity index (χ0) is 16.1. The van der Waals surface area contributed by atoms with E-state index in [0.717, 1.165) is 12.1 Å². The number of H-pyrrole nitrogens is 1. The first-order chi connectivity index (χ1) is 10.6. The van der Waals surface area contributed by atoms with Gasteiger partial charge in [0.15, 0.2) is 0 Å². The number of nitrogens with one attached hydrogen (secondary N) is 2. The molecule has 1 aromatic carbocycles. The van der Waals surface area contributed by atoms with Gasteiger partial charge in [0, 0.05) is 18.3 Å². The molecule has 0 saturated carbocycles. The zero-order valence-corrected chi connectivity index (χ0v) is 11.1. The van der Waals surface area contributed by atoms with Crippen molar-refractivity contribution in [1.29, 1.82) is 5.26 Å². The summed E-state index contributed by atoms with van der Waals surface area (Å²) in [4.78, 5) is 9.88. The fourth-order valence-corrected chi connectivity index (χ4v) is 1.54. The molecule has 0 amide bonds. The van der Waals surface area contributed by atoms with Gasteiger partial charge in [0.1, 0.15) is 17.4 Å². The molecule has 2 aromatic rings. The van der Waals surface area contributed by atoms with Gasteiger partial charge in [-0.3, -0.25) is 10.1 Å². The molecule has 0 aliphatic heterocycles. The lowest BCUT2D eigenvalue weighted by molar-refractivity contribution is -0.387. The van der Waals surface area contributed by atoms with Crippen molar-refractivity contribution in [3.05, 3.63) is 40.1 Å². The molecule has 1 heterocycles. The van der Waals surface area contributed by atoms with Gasteiger partial charge in [0.25, 0.3) is 0 Å². The van der Waals surface area contributed by atoms with Crippen LogP contribution in [0.25, 0.3) is 5.57 Å². The van der Waals surface area contributed by atoms with Crippen LogP contribution in [0, 0.1) is 27.3 Å². The van der Waals surface area contributed by atoms with Gasteiger partial charge in [-0.25, -0.2) is 0 Å². The van der Waals surface area contributed by atoms with E-state index >= 15 is 0 Å². The van der Waals surface area contributed by atoms with E-state index in [9.17, 15) is 14.5 Å². The monoisotopic (exact) mass is 305 g/mol. The number of nitrogens with zero attached hydrogens (tertiary/aromatic N) is 5. The molecule has 0 aliphatic rings. The number of anilines is 1. The maximum absolute atomic E-state index is 13.5. The first-order valence-electron chi connectivity index (χ1n) is 5.69. The van der Waals surface area contributed by atoms with Crippen molar-refractivity contribution in [3.63, 3.8) is 0 Å². The number of hydrogen-bond donors (Lipinski definition) is 2. The molecule has 11 heteroatoms. The molecule has 0 spiro atoms. The quantitative estimate of drug-likeness (QED) is 0.477. The third-order valence-electron chi connectivity index (χ3n) is 2.54. The molecule has 22 heavy (non-hydrogen) atoms. The van der Waals surface area contributed by atoms with Crippen molar-refractivity contribution in [2.75, 3.05) is 12.4 Å². The van der Waals surface area contributed by atoms with Crippen molar-refractivity contribution in [1.82, 2.24) is 20.6 Å². The average molecular weight is 305 g/mol. The lowest BCUT2D eigenvalue weighted by atomic mass is 10.2. The van der Waals surface area contributed by atoms with E-state index in [0.29, 0.717) is 0 Å². The van der Waals surface area contributed by atoms with E-state index in [1.54, 1.807) is 0 Å². The largest absolute Gasteiger partial charge is 0.494 e. The van der Waals surface area contributed by atoms with Crippen molar-refractivity contribution in [3.8, 4) is 11.8 Å². The van der Waals surface area contributed by atoms with Crippen LogP contribution >= 0.6 is 0 Å². The summed E-state index contributed by atoms with van der Waals surface area (Å²) in [5.74, 6) is -0.967. The molecule has 0 saturated heterocycles. The van der Waals surface area contributed by atoms with Crippen molar-refractivity contribution >= 4 is 16.9 Å². The van der Waals surface area contributed by atoms with E-state index < -0.39 is 16.4 Å². The summed E-state index contributed by atoms with van der Waals surface area (Å²) in [5, 5.41) is 35.1. The van der Waals surface area contributed by atoms with E-state index in [4.69, 9.17) is 10.00 Å². The number of tetrazole rings is 1. The Kier molecular flexibility index (Phi) is 4.23. The van der Waals surface area contributed by atoms with Gasteiger partial charge < -0.3 is 10.1 Å². The zero-order valence-electron chi connectivity index (χ0n) is 11.1. The van der Waals surface area contributed by atoms with Gasteiger partial charge in [-0.1, -0.05) is 0 Å². The number of ether oxygens (including phenoxy) is 1. The van der Waals surface area contributed by atoms with Gasteiger partial charge in [-0.15, -0.1) is 10.2 Å². The third kappa shape index (κ3) is 2.96. The molecule has 112 valence electrons. The van der Waals surface area contributed by atoms with Gasteiger partial charge in [0.2, 0.25) is 11.6 Å². The Hall–Kier alpha value is -3.55. The number of halogens is 1. The molecule has 2 rings (SSSR count). The maximum Gasteiger partial charge on any atom is 0.307 e. The average Bonchev–Trinajstić information content (AvgIpc) is 3.02. The van der Waals surface area contributed by atoms with E-state index in [1.165, 1.54) is 13.3 Å². The lowest BCUT2D eigenvalue weighted by Crippen LogP contribution is -2.00. The summed E-state index contributed by atoms with van der Waals surface area (Å²) >= 11 is 0. The highest BCUT2D eigenvalue weighted by Gasteiger charge is 2.18. The van der Waals surface area contributed by atoms with E-state index in [-0.39, 0.29) is 22.8 Å². The van der Waals surface area contributed by atoms with Crippen LogP contribution in [0.2, 0.25) is 0 Å². The Balaban J connectivity index is 2.38. The molecule has 1 aromatic heterocycles. The number of benzene rings is 1. The first kappa shape index (κ1) is 14.9. The van der Waals surface area contributed by atoms with Crippen LogP contribution in [0.5, 0.6) is 5.75 Å². The number of allylic oxidation sites excluding steroid dienone is 1. The molecule has 0 atom stereocenters. The summed E-state index contributed by atoms with van der Waals surface area (Å²) in [5.41, 5.74) is -0.607. The molecule has 10 nitrogen and oxygen atoms in total. The minimum Gasteiger partial charge on any atom is -0.494 e. The van der Waals surface area contributed by atoms with Crippen molar-refractivity contribution < 1.29 is 14.1 Å². The normalized spacial score (nSPS) is 10.9. The SMILES string of the molecule is COc1cc(F)c([N+](=O)[O-])cc1NC=C(C#N)c1nn[nH]n1. The molecule has 2 N–H and O–H groups in total. The Morgan fingerprint density at radius 3 is 2.95 bits per heavy atom. The Morgan fingerprint density at radius 1 is 1.64 bits per heavy atom. The van der Waals surface area contributed by atoms with Crippen molar-refractivity contribution in [2.45, 2.75) is 0 Å². The lowest BCUT2D eigenvalue weighted by Gasteiger charge is -2.08. The van der Waals surface area contributed by atoms with Crippen LogP contribution in [0.1, 0.15) is 5.82 Å². The first-order valence-corrected chi connectivity index (χ1v) is 5.69. The van der Waals surface area contributed by atoms with Crippen LogP contribution in [-0.2, 0) is 0 Å². The molecular weight excluding hydrogens is 297 g/mol. The number of nitriles is 1. The highest BCUT2D eigenvalue weighted by molar-refractivity contribution is 5.75. The number of nitro groups is 1. The van der Waals surface area contributed by atoms with E-state index in [2.05, 4.69) is 25.9 Å². The maximum atomic E-state index is 13.5. The Labute approximate surface area is 122 Å². The fourth-order valence-electron chi connectivity index (χ4n) is 1.54. The molecule has 0 radical (unpaired) electrons. The topological polar surface area (TPSA) is 143 Å². The molecule has 0 bridgehead atoms. The summed E-state index contributed by atoms with van der Waals surface area (Å²) in [7, 11) is 1.28. The van der Waals surface area contributed by atoms with E-state index in [1.807, 2.05) is 6.07 Å². The van der Waals surface area contributed by atoms with Crippen LogP contribution in [0.3, 0.4) is 0 Å². The van der Waals surface area contributed by atoms with Crippen LogP contribution in [0.15, 0.2) is 18.3 Å². The Bertz CT molecular complexity index is 767. The summed E-state index contributed by atoms with van der Waals surface area (Å²) in [6, 6.07) is 3.65. The minimum atomic E-state index is -1.03. The molecule has 0 unspecified atom stereocenters. The second-order valence-corrected chi connectivity index (χ2v) is 3.81. The van der Waals surface area contributed by atoms with Gasteiger partial charge in [-0.2, -0.15) is 14.9 Å². The second kappa shape index (κ2) is 6.27. The van der Waals surface area contributed by atoms with Gasteiger partial charge >= 0.3 is 5.69 Å². The number of aromatic nitrogens is 4. The minimum absolute atomic E-state index is 0.0165. The number of aromatic amines is 1. The van der Waals surface area contributed by atoms with Crippen LogP contribution in [0.4, 0.5) is 15.8 Å². The fraction of sp³-hybridized carbons (Fsp3) is 0.0909. The van der Waals surface area contributed by atoms with Gasteiger partial charge in [-0.05, 0) is 5.21 Å². The van der Waals surface area contributed by atoms with Crippen LogP contribution < -0.4 is 10.1 Å². The molecular formula is C11H8FN7O3. The number of methoxy groups -OCH3 is 1. The van der Waals surface area contributed by atoms with Crippen molar-refractivity contribution in [2.24, 2.45) is 0 Å². The highest BCUT2D eigenvalue weighted by atomic mass is 19.1. The highest BCUT2D eigenvalue weighted by Crippen LogP contribution is 2.32. The third-order valence-corrected chi connectivity index (χ3v) is 2.54. The number of rotatable bonds is 5. The summed E-state index contributed by atoms with van der Waals surface area (Å²) < 4.78 is 18.4. The smallest absolute Gasteiger partial charge is 0.307 e. The number of nitro benzene ring substituents is 1. The predicted molar refractivity (Wildman–Crippen MR) is 71.0 cm³/mol. The Morgan fingerprint density at radius 2 is 2.41 bits per heavy atom. The number of hydrogen-bond acceptors (Lipinski definition) is 8. The molecule has 0 aliphatic carbocycles. The molecule has 0 fully saturated rings. The van der Waals surface area contributed by atoms with Gasteiger partial charge in [0.05, 0.1) is 17.7 Å². The summed E-state index contributed by atoms with van der Waals surface area (Å²) in [6.45, 7) is 0. The predicted octanol–water partition coefficient (Wildman–Crippen LogP) is 1.23. The van der Waals surface area contributed by atoms with Crippen LogP contribution in [-0.4, -0.2) is 32.7 Å². The second-order valence-electron chi connectivity index (χ2n) is 3.81. The summed E-state index contributed by atoms with van der Waals surface area (Å²) in [6.07, 6.45) is 1.20.